The largest absolute Gasteiger partial charge is 0.359 e. The maximum Gasteiger partial charge on any atom is 0.269 e. The van der Waals surface area contributed by atoms with Crippen molar-refractivity contribution in [2.24, 2.45) is 11.8 Å². The molecule has 2 aliphatic carbocycles. The maximum absolute atomic E-state index is 13.4. The van der Waals surface area contributed by atoms with Crippen molar-refractivity contribution in [3.63, 3.8) is 0 Å². The number of aromatic amines is 1. The van der Waals surface area contributed by atoms with Crippen molar-refractivity contribution in [2.45, 2.75) is 88.1 Å². The fourth-order valence-corrected chi connectivity index (χ4v) is 12.2. The van der Waals surface area contributed by atoms with Gasteiger partial charge >= 0.3 is 0 Å². The molecule has 2 fully saturated rings. The predicted molar refractivity (Wildman–Crippen MR) is 243 cm³/mol. The SMILES string of the molecule is CC[C@@H]1C[C@H](Nc2ncc(C#N)s2)C[C@@H]1c1nnc2cnc3[nH]ccc3n12.CC[C@@H]1C[C@H](Nc2ncc(C#N)s2)C[C@@H]1c1nnc2cnc3c(ccn3S(=O)(=O)c3ccc(C)cc3)n12. The number of hydrogen-bond donors (Lipinski definition) is 3. The topological polar surface area (TPSA) is 238 Å². The van der Waals surface area contributed by atoms with Gasteiger partial charge in [-0.1, -0.05) is 67.1 Å². The van der Waals surface area contributed by atoms with Crippen LogP contribution in [-0.4, -0.2) is 78.6 Å². The lowest BCUT2D eigenvalue weighted by Crippen LogP contribution is -2.15. The number of fused-ring (bicyclic) bond motifs is 6. The van der Waals surface area contributed by atoms with E-state index in [0.717, 1.165) is 82.8 Å². The molecule has 2 aliphatic rings. The van der Waals surface area contributed by atoms with Crippen LogP contribution < -0.4 is 10.6 Å². The Morgan fingerprint density at radius 2 is 1.28 bits per heavy atom. The van der Waals surface area contributed by atoms with E-state index in [1.807, 2.05) is 23.6 Å². The lowest BCUT2D eigenvalue weighted by molar-refractivity contribution is 0.451. The maximum atomic E-state index is 13.4. The van der Waals surface area contributed by atoms with Crippen LogP contribution in [0.1, 0.15) is 91.2 Å². The van der Waals surface area contributed by atoms with E-state index in [4.69, 9.17) is 10.5 Å². The van der Waals surface area contributed by atoms with Gasteiger partial charge in [-0.25, -0.2) is 32.3 Å². The van der Waals surface area contributed by atoms with Crippen LogP contribution in [0.5, 0.6) is 0 Å². The highest BCUT2D eigenvalue weighted by atomic mass is 32.2. The monoisotopic (exact) mass is 910 g/mol. The molecule has 11 rings (SSSR count). The summed E-state index contributed by atoms with van der Waals surface area (Å²) >= 11 is 2.76. The van der Waals surface area contributed by atoms with Crippen LogP contribution in [-0.2, 0) is 10.0 Å². The fraction of sp³-hybridized carbons (Fsp3) is 0.349. The van der Waals surface area contributed by atoms with Crippen LogP contribution in [0.2, 0.25) is 0 Å². The van der Waals surface area contributed by atoms with Crippen molar-refractivity contribution in [1.82, 2.24) is 58.1 Å². The van der Waals surface area contributed by atoms with Gasteiger partial charge < -0.3 is 15.6 Å². The van der Waals surface area contributed by atoms with Gasteiger partial charge in [-0.2, -0.15) is 10.5 Å². The normalized spacial score (nSPS) is 21.0. The van der Waals surface area contributed by atoms with Crippen molar-refractivity contribution in [3.8, 4) is 12.1 Å². The minimum atomic E-state index is -3.82. The molecule has 18 nitrogen and oxygen atoms in total. The third kappa shape index (κ3) is 7.38. The number of hydrogen-bond acceptors (Lipinski definition) is 16. The summed E-state index contributed by atoms with van der Waals surface area (Å²) in [5.41, 5.74) is 5.19. The van der Waals surface area contributed by atoms with Gasteiger partial charge in [0.05, 0.1) is 40.7 Å². The van der Waals surface area contributed by atoms with E-state index < -0.39 is 10.0 Å². The van der Waals surface area contributed by atoms with E-state index in [0.29, 0.717) is 50.4 Å². The van der Waals surface area contributed by atoms with Gasteiger partial charge in [-0.3, -0.25) is 8.80 Å². The summed E-state index contributed by atoms with van der Waals surface area (Å²) in [6.07, 6.45) is 15.8. The minimum Gasteiger partial charge on any atom is -0.359 e. The summed E-state index contributed by atoms with van der Waals surface area (Å²) in [5.74, 6) is 3.13. The summed E-state index contributed by atoms with van der Waals surface area (Å²) in [6, 6.07) is 15.3. The zero-order valence-electron chi connectivity index (χ0n) is 35.0. The molecule has 64 heavy (non-hydrogen) atoms. The molecule has 0 saturated heterocycles. The van der Waals surface area contributed by atoms with Gasteiger partial charge in [0.2, 0.25) is 0 Å². The Morgan fingerprint density at radius 3 is 1.83 bits per heavy atom. The highest BCUT2D eigenvalue weighted by molar-refractivity contribution is 7.90. The number of thiazole rings is 2. The van der Waals surface area contributed by atoms with Crippen LogP contribution in [0.3, 0.4) is 0 Å². The molecule has 0 amide bonds. The highest BCUT2D eigenvalue weighted by Gasteiger charge is 2.39. The smallest absolute Gasteiger partial charge is 0.269 e. The lowest BCUT2D eigenvalue weighted by atomic mass is 9.93. The third-order valence-corrected chi connectivity index (χ3v) is 15.9. The number of H-pyrrole nitrogens is 1. The number of benzene rings is 1. The molecular weight excluding hydrogens is 869 g/mol. The second-order valence-corrected chi connectivity index (χ2v) is 20.2. The average Bonchev–Trinajstić information content (AvgIpc) is 4.16. The molecular formula is C43H42N16O2S3. The molecule has 21 heteroatoms. The molecule has 1 aromatic carbocycles. The first-order chi connectivity index (χ1) is 31.1. The molecule has 6 atom stereocenters. The summed E-state index contributed by atoms with van der Waals surface area (Å²) in [7, 11) is -3.82. The highest BCUT2D eigenvalue weighted by Crippen LogP contribution is 2.44. The Balaban J connectivity index is 0.000000159. The summed E-state index contributed by atoms with van der Waals surface area (Å²) in [4.78, 5) is 22.1. The van der Waals surface area contributed by atoms with E-state index in [1.54, 1.807) is 61.3 Å². The van der Waals surface area contributed by atoms with Crippen molar-refractivity contribution in [2.75, 3.05) is 10.6 Å². The first-order valence-corrected chi connectivity index (χ1v) is 24.2. The van der Waals surface area contributed by atoms with Gasteiger partial charge in [-0.05, 0) is 68.7 Å². The molecule has 324 valence electrons. The molecule has 9 aromatic rings. The Bertz CT molecular complexity index is 3350. The predicted octanol–water partition coefficient (Wildman–Crippen LogP) is 7.65. The number of nitrogens with one attached hydrogen (secondary N) is 3. The molecule has 0 spiro atoms. The first-order valence-electron chi connectivity index (χ1n) is 21.1. The number of anilines is 2. The quantitative estimate of drug-likeness (QED) is 0.119. The van der Waals surface area contributed by atoms with Gasteiger partial charge in [0, 0.05) is 36.3 Å². The summed E-state index contributed by atoms with van der Waals surface area (Å²) in [6.45, 7) is 6.32. The van der Waals surface area contributed by atoms with Gasteiger partial charge in [0.25, 0.3) is 10.0 Å². The van der Waals surface area contributed by atoms with Crippen molar-refractivity contribution in [1.29, 1.82) is 10.5 Å². The Morgan fingerprint density at radius 1 is 0.719 bits per heavy atom. The molecule has 2 saturated carbocycles. The number of nitriles is 2. The van der Waals surface area contributed by atoms with Crippen LogP contribution in [0, 0.1) is 41.4 Å². The summed E-state index contributed by atoms with van der Waals surface area (Å²) < 4.78 is 32.1. The number of nitrogens with zero attached hydrogens (tertiary/aromatic N) is 13. The van der Waals surface area contributed by atoms with Crippen LogP contribution >= 0.6 is 22.7 Å². The van der Waals surface area contributed by atoms with E-state index in [9.17, 15) is 8.42 Å². The lowest BCUT2D eigenvalue weighted by Gasteiger charge is -2.16. The van der Waals surface area contributed by atoms with Crippen LogP contribution in [0.15, 0.2) is 78.5 Å². The molecule has 0 bridgehead atoms. The van der Waals surface area contributed by atoms with Crippen molar-refractivity contribution >= 4 is 76.6 Å². The van der Waals surface area contributed by atoms with E-state index in [2.05, 4.69) is 86.3 Å². The standard InChI is InChI=1S/C25H24N8O2S2.C18H18N8S/c1-3-16-10-17(29-25-28-13-18(12-26)36-25)11-20(16)23-31-30-22-14-27-24-21(33(22)23)8-9-32(24)37(34,35)19-6-4-15(2)5-7-19;1-2-10-5-11(23-18-22-8-12(7-19)27-18)6-13(10)17-25-24-15-9-21-16-14(26(15)17)3-4-20-16/h4-9,13-14,16-17,20H,3,10-11H2,1-2H3,(H,28,29);3-4,8-11,13,20H,2,5-6H2,1H3,(H,22,23)/t16-,17+,20+;10-,11+,13+/m11/s1. The van der Waals surface area contributed by atoms with Gasteiger partial charge in [0.15, 0.2) is 32.9 Å². The Labute approximate surface area is 375 Å². The summed E-state index contributed by atoms with van der Waals surface area (Å²) in [5, 5.41) is 44.5. The van der Waals surface area contributed by atoms with Crippen LogP contribution in [0.25, 0.3) is 33.6 Å². The Kier molecular flexibility index (Phi) is 10.8. The average molecular weight is 911 g/mol. The zero-order chi connectivity index (χ0) is 44.1. The Hall–Kier alpha value is -6.81. The van der Waals surface area contributed by atoms with E-state index in [-0.39, 0.29) is 16.9 Å². The van der Waals surface area contributed by atoms with Gasteiger partial charge in [0.1, 0.15) is 33.5 Å². The fourth-order valence-electron chi connectivity index (χ4n) is 9.50. The molecule has 8 heterocycles. The number of rotatable bonds is 10. The van der Waals surface area contributed by atoms with Crippen LogP contribution in [0.4, 0.5) is 10.3 Å². The van der Waals surface area contributed by atoms with Gasteiger partial charge in [-0.15, -0.1) is 20.4 Å². The molecule has 0 unspecified atom stereocenters. The number of aryl methyl sites for hydroxylation is 1. The molecule has 0 aliphatic heterocycles. The van der Waals surface area contributed by atoms with E-state index >= 15 is 0 Å². The second kappa shape index (κ2) is 16.7. The number of aromatic nitrogens is 12. The molecule has 0 radical (unpaired) electrons. The van der Waals surface area contributed by atoms with E-state index in [1.165, 1.54) is 26.6 Å². The minimum absolute atomic E-state index is 0.121. The second-order valence-electron chi connectivity index (χ2n) is 16.3. The zero-order valence-corrected chi connectivity index (χ0v) is 37.4. The van der Waals surface area contributed by atoms with Crippen molar-refractivity contribution in [3.05, 3.63) is 101 Å². The molecule has 3 N–H and O–H groups in total. The molecule has 8 aromatic heterocycles. The first kappa shape index (κ1) is 41.2. The van der Waals surface area contributed by atoms with Crippen molar-refractivity contribution < 1.29 is 8.42 Å². The third-order valence-electron chi connectivity index (χ3n) is 12.6.